The van der Waals surface area contributed by atoms with Crippen LogP contribution in [0.5, 0.6) is 11.5 Å². The molecule has 1 atom stereocenters. The molecule has 1 saturated carbocycles. The maximum absolute atomic E-state index is 10.5. The average Bonchev–Trinajstić information content (AvgIpc) is 3.48. The van der Waals surface area contributed by atoms with E-state index in [-0.39, 0.29) is 0 Å². The molecule has 1 N–H and O–H groups in total. The first-order valence-electron chi connectivity index (χ1n) is 9.30. The van der Waals surface area contributed by atoms with Crippen molar-refractivity contribution in [3.63, 3.8) is 0 Å². The highest BCUT2D eigenvalue weighted by molar-refractivity contribution is 5.36. The van der Waals surface area contributed by atoms with Crippen LogP contribution >= 0.6 is 0 Å². The van der Waals surface area contributed by atoms with E-state index in [9.17, 15) is 5.11 Å². The Morgan fingerprint density at radius 2 is 1.85 bits per heavy atom. The van der Waals surface area contributed by atoms with Crippen molar-refractivity contribution in [1.29, 1.82) is 0 Å². The van der Waals surface area contributed by atoms with E-state index in [4.69, 9.17) is 9.47 Å². The third-order valence-corrected chi connectivity index (χ3v) is 4.83. The van der Waals surface area contributed by atoms with Crippen LogP contribution in [0.3, 0.4) is 0 Å². The number of aliphatic hydroxyl groups is 1. The number of ether oxygens (including phenoxy) is 2. The molecule has 0 heterocycles. The molecule has 1 fully saturated rings. The van der Waals surface area contributed by atoms with Crippen molar-refractivity contribution >= 4 is 0 Å². The van der Waals surface area contributed by atoms with Crippen LogP contribution in [0.2, 0.25) is 0 Å². The van der Waals surface area contributed by atoms with Gasteiger partial charge >= 0.3 is 0 Å². The minimum atomic E-state index is -0.506. The molecular formula is C22H29NO3. The highest BCUT2D eigenvalue weighted by atomic mass is 16.5. The van der Waals surface area contributed by atoms with E-state index in [1.807, 2.05) is 32.0 Å². The Labute approximate surface area is 156 Å². The zero-order valence-electron chi connectivity index (χ0n) is 15.9. The zero-order valence-corrected chi connectivity index (χ0v) is 15.9. The van der Waals surface area contributed by atoms with Crippen molar-refractivity contribution < 1.29 is 14.6 Å². The van der Waals surface area contributed by atoms with Crippen LogP contribution < -0.4 is 9.47 Å². The Hall–Kier alpha value is -2.04. The molecule has 4 heteroatoms. The van der Waals surface area contributed by atoms with Gasteiger partial charge in [-0.3, -0.25) is 4.90 Å². The van der Waals surface area contributed by atoms with Gasteiger partial charge in [0.05, 0.1) is 7.11 Å². The largest absolute Gasteiger partial charge is 0.497 e. The van der Waals surface area contributed by atoms with E-state index in [2.05, 4.69) is 29.2 Å². The van der Waals surface area contributed by atoms with E-state index in [0.717, 1.165) is 23.6 Å². The third kappa shape index (κ3) is 5.23. The molecule has 2 aromatic rings. The van der Waals surface area contributed by atoms with Gasteiger partial charge in [-0.05, 0) is 61.6 Å². The molecule has 1 unspecified atom stereocenters. The summed E-state index contributed by atoms with van der Waals surface area (Å²) in [6.45, 7) is 5.86. The predicted molar refractivity (Wildman–Crippen MR) is 104 cm³/mol. The van der Waals surface area contributed by atoms with Gasteiger partial charge in [-0.25, -0.2) is 0 Å². The molecule has 26 heavy (non-hydrogen) atoms. The van der Waals surface area contributed by atoms with Gasteiger partial charge in [-0.1, -0.05) is 24.3 Å². The number of benzene rings is 2. The van der Waals surface area contributed by atoms with Gasteiger partial charge in [0.1, 0.15) is 24.2 Å². The average molecular weight is 355 g/mol. The first-order chi connectivity index (χ1) is 12.5. The lowest BCUT2D eigenvalue weighted by Gasteiger charge is -2.25. The van der Waals surface area contributed by atoms with Gasteiger partial charge in [0.15, 0.2) is 0 Å². The van der Waals surface area contributed by atoms with Gasteiger partial charge in [0, 0.05) is 19.1 Å². The summed E-state index contributed by atoms with van der Waals surface area (Å²) in [5.74, 6) is 1.73. The second-order valence-electron chi connectivity index (χ2n) is 7.24. The minimum Gasteiger partial charge on any atom is -0.497 e. The molecule has 0 radical (unpaired) electrons. The molecule has 140 valence electrons. The number of aryl methyl sites for hydroxylation is 2. The minimum absolute atomic E-state index is 0.316. The second kappa shape index (κ2) is 8.56. The quantitative estimate of drug-likeness (QED) is 0.744. The van der Waals surface area contributed by atoms with E-state index in [1.54, 1.807) is 7.11 Å². The van der Waals surface area contributed by atoms with Gasteiger partial charge in [-0.15, -0.1) is 0 Å². The van der Waals surface area contributed by atoms with E-state index < -0.39 is 6.10 Å². The van der Waals surface area contributed by atoms with Crippen LogP contribution in [-0.4, -0.2) is 42.4 Å². The first kappa shape index (κ1) is 18.7. The van der Waals surface area contributed by atoms with Crippen molar-refractivity contribution in [2.24, 2.45) is 0 Å². The maximum Gasteiger partial charge on any atom is 0.122 e. The Kier molecular flexibility index (Phi) is 6.17. The van der Waals surface area contributed by atoms with Crippen molar-refractivity contribution in [2.75, 3.05) is 20.3 Å². The summed E-state index contributed by atoms with van der Waals surface area (Å²) >= 11 is 0. The molecule has 4 nitrogen and oxygen atoms in total. The second-order valence-corrected chi connectivity index (χ2v) is 7.24. The number of nitrogens with zero attached hydrogens (tertiary/aromatic N) is 1. The van der Waals surface area contributed by atoms with Gasteiger partial charge in [0.25, 0.3) is 0 Å². The fraction of sp³-hybridized carbons (Fsp3) is 0.455. The molecule has 0 aliphatic heterocycles. The molecule has 1 aliphatic carbocycles. The number of aliphatic hydroxyl groups excluding tert-OH is 1. The summed E-state index contributed by atoms with van der Waals surface area (Å²) in [5.41, 5.74) is 3.50. The van der Waals surface area contributed by atoms with Crippen molar-refractivity contribution in [3.8, 4) is 11.5 Å². The number of hydrogen-bond acceptors (Lipinski definition) is 4. The molecule has 3 rings (SSSR count). The topological polar surface area (TPSA) is 41.9 Å². The molecule has 0 bridgehead atoms. The summed E-state index contributed by atoms with van der Waals surface area (Å²) < 4.78 is 11.1. The standard InChI is InChI=1S/C22H29NO3/c1-16-4-5-17(2)22(12-16)26-15-20(24)14-23(19-8-9-19)13-18-6-10-21(25-3)11-7-18/h4-7,10-12,19-20,24H,8-9,13-15H2,1-3H3. The first-order valence-corrected chi connectivity index (χ1v) is 9.30. The Morgan fingerprint density at radius 3 is 2.50 bits per heavy atom. The van der Waals surface area contributed by atoms with E-state index >= 15 is 0 Å². The fourth-order valence-electron chi connectivity index (χ4n) is 3.12. The molecule has 2 aromatic carbocycles. The van der Waals surface area contributed by atoms with Gasteiger partial charge in [-0.2, -0.15) is 0 Å². The summed E-state index contributed by atoms with van der Waals surface area (Å²) in [7, 11) is 1.68. The Morgan fingerprint density at radius 1 is 1.12 bits per heavy atom. The predicted octanol–water partition coefficient (Wildman–Crippen LogP) is 3.72. The summed E-state index contributed by atoms with van der Waals surface area (Å²) in [6.07, 6.45) is 1.91. The highest BCUT2D eigenvalue weighted by Crippen LogP contribution is 2.29. The van der Waals surface area contributed by atoms with Gasteiger partial charge in [0.2, 0.25) is 0 Å². The highest BCUT2D eigenvalue weighted by Gasteiger charge is 2.30. The van der Waals surface area contributed by atoms with Crippen LogP contribution in [0.25, 0.3) is 0 Å². The summed E-state index contributed by atoms with van der Waals surface area (Å²) in [4.78, 5) is 2.36. The fourth-order valence-corrected chi connectivity index (χ4v) is 3.12. The molecule has 0 amide bonds. The number of methoxy groups -OCH3 is 1. The van der Waals surface area contributed by atoms with E-state index in [1.165, 1.54) is 24.0 Å². The van der Waals surface area contributed by atoms with Crippen LogP contribution in [0.15, 0.2) is 42.5 Å². The van der Waals surface area contributed by atoms with Crippen molar-refractivity contribution in [3.05, 3.63) is 59.2 Å². The smallest absolute Gasteiger partial charge is 0.122 e. The van der Waals surface area contributed by atoms with Crippen LogP contribution in [0, 0.1) is 13.8 Å². The van der Waals surface area contributed by atoms with Crippen LogP contribution in [-0.2, 0) is 6.54 Å². The normalized spacial score (nSPS) is 15.1. The van der Waals surface area contributed by atoms with E-state index in [0.29, 0.717) is 19.2 Å². The SMILES string of the molecule is COc1ccc(CN(CC(O)COc2cc(C)ccc2C)C2CC2)cc1. The Bertz CT molecular complexity index is 710. The Balaban J connectivity index is 1.54. The lowest BCUT2D eigenvalue weighted by atomic mass is 10.1. The summed E-state index contributed by atoms with van der Waals surface area (Å²) in [5, 5.41) is 10.5. The van der Waals surface area contributed by atoms with Crippen LogP contribution in [0.1, 0.15) is 29.5 Å². The molecule has 0 aromatic heterocycles. The molecule has 0 spiro atoms. The molecule has 1 aliphatic rings. The lowest BCUT2D eigenvalue weighted by molar-refractivity contribution is 0.0624. The number of rotatable bonds is 9. The lowest BCUT2D eigenvalue weighted by Crippen LogP contribution is -2.36. The van der Waals surface area contributed by atoms with Gasteiger partial charge < -0.3 is 14.6 Å². The monoisotopic (exact) mass is 355 g/mol. The van der Waals surface area contributed by atoms with Crippen LogP contribution in [0.4, 0.5) is 0 Å². The molecule has 0 saturated heterocycles. The van der Waals surface area contributed by atoms with Crippen molar-refractivity contribution in [2.45, 2.75) is 45.4 Å². The summed E-state index contributed by atoms with van der Waals surface area (Å²) in [6, 6.07) is 14.9. The zero-order chi connectivity index (χ0) is 18.5. The molecular weight excluding hydrogens is 326 g/mol. The van der Waals surface area contributed by atoms with Crippen molar-refractivity contribution in [1.82, 2.24) is 4.90 Å². The number of hydrogen-bond donors (Lipinski definition) is 1. The maximum atomic E-state index is 10.5. The third-order valence-electron chi connectivity index (χ3n) is 4.83.